The predicted octanol–water partition coefficient (Wildman–Crippen LogP) is 20.7. The molecule has 0 unspecified atom stereocenters. The van der Waals surface area contributed by atoms with Crippen molar-refractivity contribution in [2.24, 2.45) is 0 Å². The zero-order chi connectivity index (χ0) is 48.9. The van der Waals surface area contributed by atoms with E-state index in [2.05, 4.69) is 27.7 Å². The highest BCUT2D eigenvalue weighted by molar-refractivity contribution is 7.62. The normalized spacial score (nSPS) is 12.1. The van der Waals surface area contributed by atoms with Crippen LogP contribution in [-0.2, 0) is 27.2 Å². The third-order valence-corrected chi connectivity index (χ3v) is 17.7. The van der Waals surface area contributed by atoms with E-state index in [4.69, 9.17) is 18.1 Å². The van der Waals surface area contributed by atoms with Crippen molar-refractivity contribution in [2.45, 2.75) is 285 Å². The molecule has 0 aromatic heterocycles. The van der Waals surface area contributed by atoms with Gasteiger partial charge in [-0.2, -0.15) is 0 Å². The quantitative estimate of drug-likeness (QED) is 0.0486. The van der Waals surface area contributed by atoms with Gasteiger partial charge >= 0.3 is 15.2 Å². The second-order valence-electron chi connectivity index (χ2n) is 20.1. The Morgan fingerprint density at radius 2 is 0.412 bits per heavy atom. The zero-order valence-corrected chi connectivity index (χ0v) is 46.9. The van der Waals surface area contributed by atoms with Crippen molar-refractivity contribution < 1.29 is 27.2 Å². The minimum atomic E-state index is -3.49. The smallest absolute Gasteiger partial charge is 0.305 e. The van der Waals surface area contributed by atoms with Crippen LogP contribution in [0.25, 0.3) is 11.1 Å². The first-order valence-corrected chi connectivity index (χ1v) is 32.5. The van der Waals surface area contributed by atoms with Gasteiger partial charge < -0.3 is 18.1 Å². The minimum Gasteiger partial charge on any atom is -0.305 e. The average Bonchev–Trinajstić information content (AvgIpc) is 3.36. The van der Waals surface area contributed by atoms with E-state index in [-0.39, 0.29) is 0 Å². The molecular weight excluding hydrogens is 879 g/mol. The Bertz CT molecular complexity index is 1310. The fourth-order valence-corrected chi connectivity index (χ4v) is 12.4. The Balaban J connectivity index is 2.02. The first-order valence-electron chi connectivity index (χ1n) is 29.4. The zero-order valence-electron chi connectivity index (χ0n) is 45.1. The molecule has 2 aromatic rings. The van der Waals surface area contributed by atoms with Gasteiger partial charge in [-0.1, -0.05) is 283 Å². The first kappa shape index (κ1) is 62.9. The van der Waals surface area contributed by atoms with Crippen molar-refractivity contribution in [3.8, 4) is 11.1 Å². The van der Waals surface area contributed by atoms with Crippen LogP contribution in [0, 0.1) is 0 Å². The van der Waals surface area contributed by atoms with Crippen LogP contribution in [0.15, 0.2) is 48.5 Å². The minimum absolute atomic E-state index is 0.442. The number of hydrogen-bond acceptors (Lipinski definition) is 6. The molecule has 2 aromatic carbocycles. The second kappa shape index (κ2) is 44.4. The summed E-state index contributed by atoms with van der Waals surface area (Å²) in [5, 5.41) is 1.23. The molecule has 8 heteroatoms. The lowest BCUT2D eigenvalue weighted by Gasteiger charge is -2.20. The average molecular weight is 987 g/mol. The summed E-state index contributed by atoms with van der Waals surface area (Å²) in [6, 6.07) is 15.7. The van der Waals surface area contributed by atoms with Crippen LogP contribution in [0.3, 0.4) is 0 Å². The Morgan fingerprint density at radius 3 is 0.588 bits per heavy atom. The lowest BCUT2D eigenvalue weighted by Crippen LogP contribution is -2.12. The molecule has 0 bridgehead atoms. The standard InChI is InChI=1S/C60H108O6P2/c1-5-9-13-17-21-25-29-33-37-41-53-63-67(61,64-54-42-38-34-30-26-22-18-14-10-6-2)59-49-45-57(46-50-59)58-47-51-60(52-48-58)68(62,65-55-43-39-35-31-27-23-19-15-11-7-3)66-56-44-40-36-32-28-24-20-16-12-8-4/h45-52H,5-44,53-56H2,1-4H3. The summed E-state index contributed by atoms with van der Waals surface area (Å²) in [5.41, 5.74) is 1.98. The molecule has 68 heavy (non-hydrogen) atoms. The molecule has 0 spiro atoms. The second-order valence-corrected chi connectivity index (χ2v) is 24.2. The van der Waals surface area contributed by atoms with Gasteiger partial charge in [-0.05, 0) is 61.1 Å². The molecule has 0 atom stereocenters. The molecule has 2 rings (SSSR count). The Kier molecular flexibility index (Phi) is 41.1. The molecule has 0 aliphatic heterocycles. The van der Waals surface area contributed by atoms with Crippen LogP contribution >= 0.6 is 15.2 Å². The topological polar surface area (TPSA) is 71.1 Å². The van der Waals surface area contributed by atoms with Gasteiger partial charge in [0.05, 0.1) is 37.0 Å². The number of rotatable bonds is 51. The maximum absolute atomic E-state index is 14.5. The van der Waals surface area contributed by atoms with E-state index in [9.17, 15) is 9.13 Å². The van der Waals surface area contributed by atoms with Crippen LogP contribution in [0.5, 0.6) is 0 Å². The van der Waals surface area contributed by atoms with E-state index in [1.54, 1.807) is 0 Å². The van der Waals surface area contributed by atoms with Crippen molar-refractivity contribution in [1.29, 1.82) is 0 Å². The third-order valence-electron chi connectivity index (χ3n) is 13.7. The molecule has 0 radical (unpaired) electrons. The van der Waals surface area contributed by atoms with Gasteiger partial charge in [-0.25, -0.2) is 0 Å². The summed E-state index contributed by atoms with van der Waals surface area (Å²) in [5.74, 6) is 0. The number of benzene rings is 2. The largest absolute Gasteiger partial charge is 0.361 e. The highest BCUT2D eigenvalue weighted by atomic mass is 31.2. The molecule has 0 aliphatic rings. The van der Waals surface area contributed by atoms with Crippen molar-refractivity contribution in [3.05, 3.63) is 48.5 Å². The van der Waals surface area contributed by atoms with Crippen molar-refractivity contribution in [1.82, 2.24) is 0 Å². The van der Waals surface area contributed by atoms with Crippen LogP contribution in [0.2, 0.25) is 0 Å². The highest BCUT2D eigenvalue weighted by Gasteiger charge is 2.29. The molecule has 0 saturated heterocycles. The van der Waals surface area contributed by atoms with E-state index in [1.807, 2.05) is 48.5 Å². The van der Waals surface area contributed by atoms with Crippen molar-refractivity contribution in [3.63, 3.8) is 0 Å². The fraction of sp³-hybridized carbons (Fsp3) is 0.800. The first-order chi connectivity index (χ1) is 33.4. The molecule has 394 valence electrons. The maximum Gasteiger partial charge on any atom is 0.361 e. The summed E-state index contributed by atoms with van der Waals surface area (Å²) < 4.78 is 53.8. The van der Waals surface area contributed by atoms with Crippen LogP contribution in [0.1, 0.15) is 285 Å². The number of unbranched alkanes of at least 4 members (excludes halogenated alkanes) is 36. The Labute approximate surface area is 421 Å². The van der Waals surface area contributed by atoms with E-state index < -0.39 is 15.2 Å². The predicted molar refractivity (Wildman–Crippen MR) is 298 cm³/mol. The molecule has 0 aliphatic carbocycles. The Hall–Kier alpha value is -1.26. The summed E-state index contributed by atoms with van der Waals surface area (Å²) in [4.78, 5) is 0. The van der Waals surface area contributed by atoms with Crippen LogP contribution < -0.4 is 10.6 Å². The van der Waals surface area contributed by atoms with E-state index in [0.717, 1.165) is 62.5 Å². The van der Waals surface area contributed by atoms with E-state index in [0.29, 0.717) is 37.0 Å². The fourth-order valence-electron chi connectivity index (χ4n) is 9.14. The molecule has 6 nitrogen and oxygen atoms in total. The van der Waals surface area contributed by atoms with Gasteiger partial charge in [0.1, 0.15) is 0 Å². The molecule has 0 heterocycles. The van der Waals surface area contributed by atoms with Gasteiger partial charge in [0.2, 0.25) is 0 Å². The lowest BCUT2D eigenvalue weighted by atomic mass is 10.1. The van der Waals surface area contributed by atoms with Gasteiger partial charge in [0, 0.05) is 0 Å². The van der Waals surface area contributed by atoms with Gasteiger partial charge in [-0.15, -0.1) is 0 Å². The summed E-state index contributed by atoms with van der Waals surface area (Å²) in [7, 11) is -6.98. The SMILES string of the molecule is CCCCCCCCCCCCOP(=O)(OCCCCCCCCCCCC)c1ccc(-c2ccc(P(=O)(OCCCCCCCCCCCC)OCCCCCCCCCCCC)cc2)cc1. The van der Waals surface area contributed by atoms with Gasteiger partial charge in [-0.3, -0.25) is 9.13 Å². The van der Waals surface area contributed by atoms with E-state index in [1.165, 1.54) is 205 Å². The van der Waals surface area contributed by atoms with Gasteiger partial charge in [0.25, 0.3) is 0 Å². The summed E-state index contributed by atoms with van der Waals surface area (Å²) in [6.45, 7) is 10.8. The third kappa shape index (κ3) is 31.9. The molecule has 0 N–H and O–H groups in total. The molecule has 0 amide bonds. The van der Waals surface area contributed by atoms with Crippen molar-refractivity contribution >= 4 is 25.8 Å². The van der Waals surface area contributed by atoms with Crippen LogP contribution in [0.4, 0.5) is 0 Å². The maximum atomic E-state index is 14.5. The molecule has 0 saturated carbocycles. The molecule has 0 fully saturated rings. The summed E-state index contributed by atoms with van der Waals surface area (Å²) in [6.07, 6.45) is 49.7. The van der Waals surface area contributed by atoms with E-state index >= 15 is 0 Å². The highest BCUT2D eigenvalue weighted by Crippen LogP contribution is 2.49. The monoisotopic (exact) mass is 987 g/mol. The number of hydrogen-bond donors (Lipinski definition) is 0. The molecular formula is C60H108O6P2. The van der Waals surface area contributed by atoms with Crippen LogP contribution in [-0.4, -0.2) is 26.4 Å². The van der Waals surface area contributed by atoms with Gasteiger partial charge in [0.15, 0.2) is 0 Å². The Morgan fingerprint density at radius 1 is 0.250 bits per heavy atom. The lowest BCUT2D eigenvalue weighted by molar-refractivity contribution is 0.205. The summed E-state index contributed by atoms with van der Waals surface area (Å²) >= 11 is 0. The van der Waals surface area contributed by atoms with Crippen molar-refractivity contribution in [2.75, 3.05) is 26.4 Å².